The number of pyridine rings is 1. The number of hydrogen-bond donors (Lipinski definition) is 1. The molecular formula is C25H26FN3O. The second-order valence-electron chi connectivity index (χ2n) is 8.55. The number of hydrogen-bond acceptors (Lipinski definition) is 4. The largest absolute Gasteiger partial charge is 0.424 e. The minimum absolute atomic E-state index is 0.190. The third-order valence-corrected chi connectivity index (χ3v) is 6.37. The lowest BCUT2D eigenvalue weighted by Gasteiger charge is -2.31. The van der Waals surface area contributed by atoms with Gasteiger partial charge in [0.05, 0.1) is 5.52 Å². The number of oxazole rings is 1. The Morgan fingerprint density at radius 3 is 2.73 bits per heavy atom. The fourth-order valence-corrected chi connectivity index (χ4v) is 4.91. The fraction of sp³-hybridized carbons (Fsp3) is 0.360. The van der Waals surface area contributed by atoms with Gasteiger partial charge < -0.3 is 9.73 Å². The maximum Gasteiger partial charge on any atom is 0.295 e. The number of halogens is 1. The zero-order chi connectivity index (χ0) is 20.5. The monoisotopic (exact) mass is 403 g/mol. The van der Waals surface area contributed by atoms with Crippen LogP contribution in [0.4, 0.5) is 10.4 Å². The van der Waals surface area contributed by atoms with E-state index >= 15 is 0 Å². The number of rotatable bonds is 5. The second-order valence-corrected chi connectivity index (χ2v) is 8.55. The van der Waals surface area contributed by atoms with E-state index in [1.165, 1.54) is 24.5 Å². The van der Waals surface area contributed by atoms with E-state index in [4.69, 9.17) is 4.42 Å². The molecule has 0 aliphatic heterocycles. The lowest BCUT2D eigenvalue weighted by Crippen LogP contribution is -2.23. The third kappa shape index (κ3) is 3.89. The Labute approximate surface area is 175 Å². The molecule has 0 spiro atoms. The van der Waals surface area contributed by atoms with E-state index in [0.29, 0.717) is 23.9 Å². The van der Waals surface area contributed by atoms with Crippen molar-refractivity contribution in [3.05, 3.63) is 66.1 Å². The first kappa shape index (κ1) is 19.0. The van der Waals surface area contributed by atoms with E-state index in [0.717, 1.165) is 41.3 Å². The summed E-state index contributed by atoms with van der Waals surface area (Å²) >= 11 is 0. The molecule has 2 aromatic heterocycles. The summed E-state index contributed by atoms with van der Waals surface area (Å²) in [4.78, 5) is 8.92. The van der Waals surface area contributed by atoms with Crippen LogP contribution in [0, 0.1) is 11.7 Å². The highest BCUT2D eigenvalue weighted by atomic mass is 19.1. The summed E-state index contributed by atoms with van der Waals surface area (Å²) in [5.74, 6) is 0.969. The standard InChI is InChI=1S/C25H26FN3O/c1-16(28-25-29-23-4-2-3-5-24(23)30-25)14-17-6-8-18(9-7-17)20-12-13-27-22-11-10-19(26)15-21(20)22/h2-5,10-13,15-18H,6-9,14H2,1H3,(H,28,29)/t16?,17-,18+. The van der Waals surface area contributed by atoms with Crippen LogP contribution in [0.15, 0.2) is 59.1 Å². The minimum atomic E-state index is -0.190. The maximum atomic E-state index is 13.8. The van der Waals surface area contributed by atoms with Gasteiger partial charge in [-0.2, -0.15) is 4.98 Å². The third-order valence-electron chi connectivity index (χ3n) is 6.37. The SMILES string of the molecule is CC(C[C@H]1CC[C@@H](c2ccnc3ccc(F)cc32)CC1)Nc1nc2ccccc2o1. The van der Waals surface area contributed by atoms with Gasteiger partial charge in [-0.1, -0.05) is 12.1 Å². The van der Waals surface area contributed by atoms with Crippen molar-refractivity contribution >= 4 is 28.0 Å². The molecule has 2 heterocycles. The molecule has 1 saturated carbocycles. The number of anilines is 1. The fourth-order valence-electron chi connectivity index (χ4n) is 4.91. The summed E-state index contributed by atoms with van der Waals surface area (Å²) in [6.07, 6.45) is 7.59. The van der Waals surface area contributed by atoms with Crippen molar-refractivity contribution in [2.75, 3.05) is 5.32 Å². The smallest absolute Gasteiger partial charge is 0.295 e. The van der Waals surface area contributed by atoms with Gasteiger partial charge >= 0.3 is 0 Å². The Morgan fingerprint density at radius 2 is 1.90 bits per heavy atom. The molecule has 0 amide bonds. The Bertz CT molecular complexity index is 1130. The lowest BCUT2D eigenvalue weighted by molar-refractivity contribution is 0.301. The van der Waals surface area contributed by atoms with Crippen LogP contribution in [0.2, 0.25) is 0 Å². The average molecular weight is 404 g/mol. The number of nitrogens with zero attached hydrogens (tertiary/aromatic N) is 2. The van der Waals surface area contributed by atoms with Crippen molar-refractivity contribution in [3.63, 3.8) is 0 Å². The Morgan fingerprint density at radius 1 is 1.07 bits per heavy atom. The van der Waals surface area contributed by atoms with Crippen molar-refractivity contribution in [2.24, 2.45) is 5.92 Å². The second kappa shape index (κ2) is 8.05. The maximum absolute atomic E-state index is 13.8. The van der Waals surface area contributed by atoms with Crippen LogP contribution >= 0.6 is 0 Å². The summed E-state index contributed by atoms with van der Waals surface area (Å²) in [6.45, 7) is 2.19. The molecule has 0 radical (unpaired) electrons. The first-order valence-electron chi connectivity index (χ1n) is 10.8. The molecule has 4 nitrogen and oxygen atoms in total. The van der Waals surface area contributed by atoms with Gasteiger partial charge in [0, 0.05) is 17.6 Å². The predicted octanol–water partition coefficient (Wildman–Crippen LogP) is 6.68. The molecule has 1 unspecified atom stereocenters. The van der Waals surface area contributed by atoms with Crippen LogP contribution < -0.4 is 5.32 Å². The van der Waals surface area contributed by atoms with Gasteiger partial charge in [-0.3, -0.25) is 4.98 Å². The van der Waals surface area contributed by atoms with E-state index in [1.807, 2.05) is 30.5 Å². The minimum Gasteiger partial charge on any atom is -0.424 e. The molecule has 5 heteroatoms. The van der Waals surface area contributed by atoms with Crippen molar-refractivity contribution in [3.8, 4) is 0 Å². The van der Waals surface area contributed by atoms with Crippen LogP contribution in [-0.2, 0) is 0 Å². The molecule has 0 bridgehead atoms. The number of aromatic nitrogens is 2. The van der Waals surface area contributed by atoms with Gasteiger partial charge in [-0.05, 0) is 92.8 Å². The Hall–Kier alpha value is -2.95. The molecule has 4 aromatic rings. The topological polar surface area (TPSA) is 51.0 Å². The first-order valence-corrected chi connectivity index (χ1v) is 10.8. The van der Waals surface area contributed by atoms with Crippen LogP contribution in [0.5, 0.6) is 0 Å². The van der Waals surface area contributed by atoms with E-state index in [1.54, 1.807) is 12.1 Å². The molecule has 1 aliphatic carbocycles. The quantitative estimate of drug-likeness (QED) is 0.404. The molecule has 30 heavy (non-hydrogen) atoms. The highest BCUT2D eigenvalue weighted by Crippen LogP contribution is 2.40. The van der Waals surface area contributed by atoms with Gasteiger partial charge in [0.2, 0.25) is 0 Å². The van der Waals surface area contributed by atoms with E-state index in [-0.39, 0.29) is 5.82 Å². The molecule has 1 fully saturated rings. The lowest BCUT2D eigenvalue weighted by atomic mass is 9.76. The van der Waals surface area contributed by atoms with Crippen LogP contribution in [-0.4, -0.2) is 16.0 Å². The van der Waals surface area contributed by atoms with Gasteiger partial charge in [0.15, 0.2) is 5.58 Å². The molecule has 2 aromatic carbocycles. The number of para-hydroxylation sites is 2. The molecule has 5 rings (SSSR count). The normalized spacial score (nSPS) is 20.5. The van der Waals surface area contributed by atoms with Crippen molar-refractivity contribution in [2.45, 2.75) is 51.0 Å². The molecule has 1 atom stereocenters. The zero-order valence-electron chi connectivity index (χ0n) is 17.1. The number of fused-ring (bicyclic) bond motifs is 2. The van der Waals surface area contributed by atoms with Crippen LogP contribution in [0.25, 0.3) is 22.0 Å². The highest BCUT2D eigenvalue weighted by molar-refractivity contribution is 5.82. The Kier molecular flexibility index (Phi) is 5.11. The predicted molar refractivity (Wildman–Crippen MR) is 118 cm³/mol. The van der Waals surface area contributed by atoms with Gasteiger partial charge in [0.25, 0.3) is 6.01 Å². The van der Waals surface area contributed by atoms with Crippen LogP contribution in [0.3, 0.4) is 0 Å². The summed E-state index contributed by atoms with van der Waals surface area (Å²) in [7, 11) is 0. The van der Waals surface area contributed by atoms with E-state index < -0.39 is 0 Å². The van der Waals surface area contributed by atoms with Crippen molar-refractivity contribution in [1.29, 1.82) is 0 Å². The van der Waals surface area contributed by atoms with Gasteiger partial charge in [0.1, 0.15) is 11.3 Å². The molecule has 0 saturated heterocycles. The molecule has 1 aliphatic rings. The molecular weight excluding hydrogens is 377 g/mol. The van der Waals surface area contributed by atoms with Gasteiger partial charge in [-0.25, -0.2) is 4.39 Å². The molecule has 1 N–H and O–H groups in total. The summed E-state index contributed by atoms with van der Waals surface area (Å²) in [5, 5.41) is 4.39. The number of nitrogens with one attached hydrogen (secondary N) is 1. The summed E-state index contributed by atoms with van der Waals surface area (Å²) < 4.78 is 19.6. The Balaban J connectivity index is 1.20. The zero-order valence-corrected chi connectivity index (χ0v) is 17.1. The average Bonchev–Trinajstić information content (AvgIpc) is 3.16. The van der Waals surface area contributed by atoms with Gasteiger partial charge in [-0.15, -0.1) is 0 Å². The van der Waals surface area contributed by atoms with E-state index in [9.17, 15) is 4.39 Å². The number of benzene rings is 2. The summed E-state index contributed by atoms with van der Waals surface area (Å²) in [5.41, 5.74) is 3.82. The van der Waals surface area contributed by atoms with Crippen molar-refractivity contribution in [1.82, 2.24) is 9.97 Å². The van der Waals surface area contributed by atoms with Crippen molar-refractivity contribution < 1.29 is 8.81 Å². The highest BCUT2D eigenvalue weighted by Gasteiger charge is 2.25. The summed E-state index contributed by atoms with van der Waals surface area (Å²) in [6, 6.07) is 15.7. The van der Waals surface area contributed by atoms with E-state index in [2.05, 4.69) is 28.3 Å². The molecule has 154 valence electrons. The first-order chi connectivity index (χ1) is 14.7. The van der Waals surface area contributed by atoms with Crippen LogP contribution in [0.1, 0.15) is 50.5 Å².